The summed E-state index contributed by atoms with van der Waals surface area (Å²) >= 11 is 0. The second-order valence-corrected chi connectivity index (χ2v) is 30.8. The molecule has 0 heterocycles. The van der Waals surface area contributed by atoms with E-state index >= 15 is 0 Å². The molecule has 5 unspecified atom stereocenters. The molecule has 0 aromatic rings. The lowest BCUT2D eigenvalue weighted by Crippen LogP contribution is -2.30. The van der Waals surface area contributed by atoms with Crippen LogP contribution in [-0.4, -0.2) is 95.9 Å². The number of hydrogen-bond acceptors (Lipinski definition) is 14. The van der Waals surface area contributed by atoms with E-state index in [1.54, 1.807) is 0 Å². The van der Waals surface area contributed by atoms with Crippen LogP contribution in [0.25, 0.3) is 0 Å². The van der Waals surface area contributed by atoms with E-state index in [-0.39, 0.29) is 19.3 Å². The molecule has 0 aromatic heterocycles. The topological polar surface area (TPSA) is 231 Å². The van der Waals surface area contributed by atoms with E-state index in [0.29, 0.717) is 19.3 Å². The summed E-state index contributed by atoms with van der Waals surface area (Å²) in [5.74, 6) is -1.58. The van der Waals surface area contributed by atoms with Crippen molar-refractivity contribution in [1.29, 1.82) is 0 Å². The SMILES string of the molecule is CC/C=C\C/C=C\C/C=C\C/C=C\C/C=C\C/C=C\CCCCCCCCCCCCCCCCCCC(=O)OCC(O)COP(=O)(O)OCC(O)COP(=O)(O)OCC(COC(=O)CCCCCCC/C=C\C/C=C\C/C=C\C/C=C\CCCCC)OC(=O)CCCCCCCCCCCCCCC. The number of esters is 3. The molecule has 0 rings (SSSR count). The maximum atomic E-state index is 13.0. The van der Waals surface area contributed by atoms with Crippen molar-refractivity contribution in [2.24, 2.45) is 0 Å². The van der Waals surface area contributed by atoms with Crippen LogP contribution in [0.1, 0.15) is 355 Å². The van der Waals surface area contributed by atoms with Gasteiger partial charge in [0, 0.05) is 19.3 Å². The van der Waals surface area contributed by atoms with Crippen LogP contribution < -0.4 is 0 Å². The zero-order chi connectivity index (χ0) is 76.6. The van der Waals surface area contributed by atoms with Crippen molar-refractivity contribution in [3.8, 4) is 0 Å². The summed E-state index contributed by atoms with van der Waals surface area (Å²) in [6, 6.07) is 0. The van der Waals surface area contributed by atoms with Gasteiger partial charge in [0.25, 0.3) is 0 Å². The molecular formula is C87H152O16P2. The van der Waals surface area contributed by atoms with Crippen LogP contribution in [-0.2, 0) is 55.8 Å². The van der Waals surface area contributed by atoms with E-state index in [1.165, 1.54) is 161 Å². The van der Waals surface area contributed by atoms with Crippen LogP contribution >= 0.6 is 15.6 Å². The fraction of sp³-hybridized carbons (Fsp3) is 0.736. The van der Waals surface area contributed by atoms with E-state index in [2.05, 4.69) is 142 Å². The van der Waals surface area contributed by atoms with Crippen LogP contribution in [0.5, 0.6) is 0 Å². The Morgan fingerprint density at radius 2 is 0.505 bits per heavy atom. The van der Waals surface area contributed by atoms with Gasteiger partial charge < -0.3 is 34.2 Å². The Morgan fingerprint density at radius 3 is 0.819 bits per heavy atom. The van der Waals surface area contributed by atoms with Gasteiger partial charge in [-0.3, -0.25) is 32.5 Å². The number of ether oxygens (including phenoxy) is 3. The molecule has 18 heteroatoms. The van der Waals surface area contributed by atoms with Crippen LogP contribution in [0.4, 0.5) is 0 Å². The van der Waals surface area contributed by atoms with Gasteiger partial charge in [0.2, 0.25) is 0 Å². The Morgan fingerprint density at radius 1 is 0.276 bits per heavy atom. The molecule has 606 valence electrons. The molecule has 105 heavy (non-hydrogen) atoms. The highest BCUT2D eigenvalue weighted by atomic mass is 31.2. The average Bonchev–Trinajstić information content (AvgIpc) is 1.03. The lowest BCUT2D eigenvalue weighted by molar-refractivity contribution is -0.161. The van der Waals surface area contributed by atoms with Crippen molar-refractivity contribution in [1.82, 2.24) is 0 Å². The predicted molar refractivity (Wildman–Crippen MR) is 436 cm³/mol. The molecule has 0 aliphatic heterocycles. The van der Waals surface area contributed by atoms with E-state index in [9.17, 15) is 43.5 Å². The fourth-order valence-corrected chi connectivity index (χ4v) is 12.9. The minimum Gasteiger partial charge on any atom is -0.463 e. The molecule has 0 bridgehead atoms. The lowest BCUT2D eigenvalue weighted by atomic mass is 10.0. The van der Waals surface area contributed by atoms with Crippen LogP contribution in [0.2, 0.25) is 0 Å². The first-order chi connectivity index (χ1) is 51.2. The molecule has 0 spiro atoms. The first kappa shape index (κ1) is 101. The maximum Gasteiger partial charge on any atom is 0.472 e. The predicted octanol–water partition coefficient (Wildman–Crippen LogP) is 24.9. The Bertz CT molecular complexity index is 2390. The van der Waals surface area contributed by atoms with Gasteiger partial charge in [0.1, 0.15) is 25.4 Å². The molecule has 5 atom stereocenters. The molecule has 4 N–H and O–H groups in total. The van der Waals surface area contributed by atoms with E-state index in [4.69, 9.17) is 32.3 Å². The van der Waals surface area contributed by atoms with E-state index in [1.807, 2.05) is 0 Å². The monoisotopic (exact) mass is 1520 g/mol. The Kier molecular flexibility index (Phi) is 76.4. The van der Waals surface area contributed by atoms with Gasteiger partial charge >= 0.3 is 33.6 Å². The zero-order valence-corrected chi connectivity index (χ0v) is 68.2. The molecule has 0 fully saturated rings. The van der Waals surface area contributed by atoms with Gasteiger partial charge in [-0.2, -0.15) is 0 Å². The highest BCUT2D eigenvalue weighted by Crippen LogP contribution is 2.45. The number of aliphatic hydroxyl groups excluding tert-OH is 2. The highest BCUT2D eigenvalue weighted by molar-refractivity contribution is 7.47. The van der Waals surface area contributed by atoms with Crippen LogP contribution in [0.15, 0.2) is 122 Å². The number of hydrogen-bond donors (Lipinski definition) is 4. The Labute approximate surface area is 640 Å². The third-order valence-electron chi connectivity index (χ3n) is 17.7. The summed E-state index contributed by atoms with van der Waals surface area (Å²) in [6.45, 7) is 2.55. The number of carbonyl (C=O) groups excluding carboxylic acids is 3. The first-order valence-corrected chi connectivity index (χ1v) is 44.8. The molecule has 0 amide bonds. The van der Waals surface area contributed by atoms with Gasteiger partial charge in [0.15, 0.2) is 6.10 Å². The van der Waals surface area contributed by atoms with Gasteiger partial charge in [-0.25, -0.2) is 9.13 Å². The van der Waals surface area contributed by atoms with E-state index < -0.39 is 91.5 Å². The number of phosphoric acid groups is 2. The van der Waals surface area contributed by atoms with Crippen molar-refractivity contribution < 1.29 is 75.8 Å². The van der Waals surface area contributed by atoms with Crippen molar-refractivity contribution >= 4 is 33.6 Å². The number of unbranched alkanes of at least 4 members (excludes halogenated alkanes) is 36. The van der Waals surface area contributed by atoms with Gasteiger partial charge in [-0.1, -0.05) is 341 Å². The molecule has 0 aliphatic carbocycles. The van der Waals surface area contributed by atoms with Gasteiger partial charge in [0.05, 0.1) is 26.4 Å². The summed E-state index contributed by atoms with van der Waals surface area (Å²) < 4.78 is 61.2. The van der Waals surface area contributed by atoms with Crippen molar-refractivity contribution in [3.05, 3.63) is 122 Å². The van der Waals surface area contributed by atoms with Crippen molar-refractivity contribution in [3.63, 3.8) is 0 Å². The van der Waals surface area contributed by atoms with Gasteiger partial charge in [-0.05, 0) is 116 Å². The molecule has 0 radical (unpaired) electrons. The normalized spacial score (nSPS) is 14.5. The second-order valence-electron chi connectivity index (χ2n) is 27.9. The van der Waals surface area contributed by atoms with Gasteiger partial charge in [-0.15, -0.1) is 0 Å². The first-order valence-electron chi connectivity index (χ1n) is 41.8. The quantitative estimate of drug-likeness (QED) is 0.0146. The molecule has 0 saturated heterocycles. The minimum atomic E-state index is -4.93. The maximum absolute atomic E-state index is 13.0. The number of rotatable bonds is 79. The Hall–Kier alpha value is -4.05. The smallest absolute Gasteiger partial charge is 0.463 e. The fourth-order valence-electron chi connectivity index (χ4n) is 11.3. The summed E-state index contributed by atoms with van der Waals surface area (Å²) in [5.41, 5.74) is 0. The van der Waals surface area contributed by atoms with E-state index in [0.717, 1.165) is 135 Å². The van der Waals surface area contributed by atoms with Crippen molar-refractivity contribution in [2.45, 2.75) is 373 Å². The average molecular weight is 1520 g/mol. The largest absolute Gasteiger partial charge is 0.472 e. The molecular weight excluding hydrogens is 1360 g/mol. The lowest BCUT2D eigenvalue weighted by Gasteiger charge is -2.21. The molecule has 0 aliphatic rings. The Balaban J connectivity index is 4.39. The summed E-state index contributed by atoms with van der Waals surface area (Å²) in [7, 11) is -9.79. The molecule has 0 saturated carbocycles. The van der Waals surface area contributed by atoms with Crippen molar-refractivity contribution in [2.75, 3.05) is 39.6 Å². The second kappa shape index (κ2) is 79.5. The highest BCUT2D eigenvalue weighted by Gasteiger charge is 2.29. The zero-order valence-electron chi connectivity index (χ0n) is 66.4. The number of aliphatic hydroxyl groups is 2. The summed E-state index contributed by atoms with van der Waals surface area (Å²) in [5, 5.41) is 20.7. The standard InChI is InChI=1S/C87H152O16P2/c1-4-7-10-13-16-19-22-25-27-29-31-33-34-35-36-37-38-39-40-41-42-43-44-45-46-48-50-51-53-56-58-61-64-67-70-73-85(90)97-76-82(88)77-99-104(93,94)100-78-83(89)79-101-105(95,96)102-81-84(103-87(92)75-72-69-66-63-60-55-24-21-18-15-12-9-6-3)80-98-86(91)74-71-68-65-62-59-57-54-52-49-47-32-30-28-26-23-20-17-14-11-8-5-2/h7,10,16-17,19-20,25-28,31-33,35-36,38-39,47,52,54,82-84,88-89H,4-6,8-9,11-15,18,21-24,29-30,34,37,40-46,48-51,53,55-81H2,1-3H3,(H,93,94)(H,95,96)/b10-7-,19-16-,20-17-,27-25-,28-26-,33-31-,36-35-,39-38-,47-32-,54-52-. The summed E-state index contributed by atoms with van der Waals surface area (Å²) in [6.07, 6.45) is 95.5. The number of carbonyl (C=O) groups is 3. The molecule has 0 aromatic carbocycles. The molecule has 16 nitrogen and oxygen atoms in total. The van der Waals surface area contributed by atoms with Crippen LogP contribution in [0.3, 0.4) is 0 Å². The third-order valence-corrected chi connectivity index (χ3v) is 19.6. The summed E-state index contributed by atoms with van der Waals surface area (Å²) in [4.78, 5) is 58.7. The minimum absolute atomic E-state index is 0.103. The number of phosphoric ester groups is 2. The van der Waals surface area contributed by atoms with Crippen LogP contribution in [0, 0.1) is 0 Å². The number of allylic oxidation sites excluding steroid dienone is 20. The third kappa shape index (κ3) is 80.8.